The molecule has 0 spiro atoms. The molecule has 1 aromatic heterocycles. The van der Waals surface area contributed by atoms with Crippen LogP contribution < -0.4 is 5.32 Å². The second-order valence-corrected chi connectivity index (χ2v) is 4.74. The molecule has 0 amide bonds. The van der Waals surface area contributed by atoms with Crippen molar-refractivity contribution in [3.05, 3.63) is 34.7 Å². The van der Waals surface area contributed by atoms with Crippen LogP contribution in [0.4, 0.5) is 0 Å². The maximum atomic E-state index is 5.60. The molecule has 1 N–H and O–H groups in total. The van der Waals surface area contributed by atoms with Crippen LogP contribution in [0.2, 0.25) is 0 Å². The minimum absolute atomic E-state index is 0.249. The molecular formula is C13H20BrNO. The Bertz CT molecular complexity index is 332. The smallest absolute Gasteiger partial charge is 0.169 e. The summed E-state index contributed by atoms with van der Waals surface area (Å²) >= 11 is 3.34. The molecule has 16 heavy (non-hydrogen) atoms. The van der Waals surface area contributed by atoms with Crippen LogP contribution in [0.25, 0.3) is 0 Å². The van der Waals surface area contributed by atoms with Gasteiger partial charge in [-0.2, -0.15) is 0 Å². The van der Waals surface area contributed by atoms with Crippen LogP contribution in [0.5, 0.6) is 0 Å². The van der Waals surface area contributed by atoms with Gasteiger partial charge in [-0.15, -0.1) is 0 Å². The SMILES string of the molecule is C=C(CC)CC(NCCC)c1ccc(Br)o1. The van der Waals surface area contributed by atoms with Crippen LogP contribution in [0.15, 0.2) is 33.4 Å². The lowest BCUT2D eigenvalue weighted by Crippen LogP contribution is -2.22. The Labute approximate surface area is 106 Å². The summed E-state index contributed by atoms with van der Waals surface area (Å²) < 4.78 is 6.39. The molecule has 1 atom stereocenters. The fourth-order valence-electron chi connectivity index (χ4n) is 1.54. The summed E-state index contributed by atoms with van der Waals surface area (Å²) in [6, 6.07) is 4.20. The summed E-state index contributed by atoms with van der Waals surface area (Å²) in [5, 5.41) is 3.49. The first-order valence-electron chi connectivity index (χ1n) is 5.82. The van der Waals surface area contributed by atoms with E-state index < -0.39 is 0 Å². The zero-order chi connectivity index (χ0) is 12.0. The summed E-state index contributed by atoms with van der Waals surface area (Å²) in [7, 11) is 0. The fraction of sp³-hybridized carbons (Fsp3) is 0.538. The zero-order valence-electron chi connectivity index (χ0n) is 10.1. The van der Waals surface area contributed by atoms with Crippen LogP contribution >= 0.6 is 15.9 Å². The van der Waals surface area contributed by atoms with E-state index in [9.17, 15) is 0 Å². The van der Waals surface area contributed by atoms with Gasteiger partial charge < -0.3 is 9.73 Å². The van der Waals surface area contributed by atoms with Gasteiger partial charge in [-0.25, -0.2) is 0 Å². The first kappa shape index (κ1) is 13.5. The lowest BCUT2D eigenvalue weighted by molar-refractivity contribution is 0.398. The van der Waals surface area contributed by atoms with E-state index in [1.54, 1.807) is 0 Å². The molecule has 0 fully saturated rings. The highest BCUT2D eigenvalue weighted by Crippen LogP contribution is 2.25. The van der Waals surface area contributed by atoms with Gasteiger partial charge >= 0.3 is 0 Å². The minimum atomic E-state index is 0.249. The molecule has 0 bridgehead atoms. The Hall–Kier alpha value is -0.540. The van der Waals surface area contributed by atoms with E-state index in [1.807, 2.05) is 12.1 Å². The Balaban J connectivity index is 2.66. The standard InChI is InChI=1S/C13H20BrNO/c1-4-8-15-11(9-10(3)5-2)12-6-7-13(14)16-12/h6-7,11,15H,3-5,8-9H2,1-2H3. The molecular weight excluding hydrogens is 266 g/mol. The van der Waals surface area contributed by atoms with E-state index in [2.05, 4.69) is 41.7 Å². The van der Waals surface area contributed by atoms with Gasteiger partial charge in [0.1, 0.15) is 5.76 Å². The Kier molecular flexibility index (Phi) is 5.85. The lowest BCUT2D eigenvalue weighted by atomic mass is 10.0. The van der Waals surface area contributed by atoms with Gasteiger partial charge in [0.15, 0.2) is 4.67 Å². The predicted molar refractivity (Wildman–Crippen MR) is 71.5 cm³/mol. The van der Waals surface area contributed by atoms with Crippen LogP contribution in [0, 0.1) is 0 Å². The highest BCUT2D eigenvalue weighted by atomic mass is 79.9. The van der Waals surface area contributed by atoms with Crippen LogP contribution in [0.1, 0.15) is 44.9 Å². The predicted octanol–water partition coefficient (Wildman–Crippen LogP) is 4.44. The molecule has 0 radical (unpaired) electrons. The maximum Gasteiger partial charge on any atom is 0.169 e. The summed E-state index contributed by atoms with van der Waals surface area (Å²) in [6.45, 7) is 9.36. The van der Waals surface area contributed by atoms with E-state index in [0.717, 1.165) is 36.2 Å². The number of furan rings is 1. The van der Waals surface area contributed by atoms with Crippen molar-refractivity contribution in [1.29, 1.82) is 0 Å². The van der Waals surface area contributed by atoms with Crippen molar-refractivity contribution in [3.8, 4) is 0 Å². The second-order valence-electron chi connectivity index (χ2n) is 3.96. The van der Waals surface area contributed by atoms with Crippen molar-refractivity contribution in [2.24, 2.45) is 0 Å². The van der Waals surface area contributed by atoms with Crippen molar-refractivity contribution < 1.29 is 4.42 Å². The van der Waals surface area contributed by atoms with E-state index in [-0.39, 0.29) is 6.04 Å². The van der Waals surface area contributed by atoms with Crippen molar-refractivity contribution in [1.82, 2.24) is 5.32 Å². The van der Waals surface area contributed by atoms with Crippen molar-refractivity contribution in [2.45, 2.75) is 39.2 Å². The normalized spacial score (nSPS) is 12.7. The maximum absolute atomic E-state index is 5.60. The van der Waals surface area contributed by atoms with Gasteiger partial charge in [-0.3, -0.25) is 0 Å². The molecule has 0 aliphatic heterocycles. The average molecular weight is 286 g/mol. The van der Waals surface area contributed by atoms with Gasteiger partial charge in [0.2, 0.25) is 0 Å². The Morgan fingerprint density at radius 3 is 2.75 bits per heavy atom. The summed E-state index contributed by atoms with van der Waals surface area (Å²) in [5.74, 6) is 0.981. The fourth-order valence-corrected chi connectivity index (χ4v) is 1.86. The lowest BCUT2D eigenvalue weighted by Gasteiger charge is -2.17. The van der Waals surface area contributed by atoms with Crippen LogP contribution in [-0.4, -0.2) is 6.54 Å². The molecule has 0 saturated carbocycles. The third kappa shape index (κ3) is 4.14. The molecule has 1 heterocycles. The molecule has 0 aromatic carbocycles. The number of hydrogen-bond acceptors (Lipinski definition) is 2. The van der Waals surface area contributed by atoms with E-state index in [4.69, 9.17) is 4.42 Å². The van der Waals surface area contributed by atoms with Gasteiger partial charge in [0, 0.05) is 0 Å². The monoisotopic (exact) mass is 285 g/mol. The van der Waals surface area contributed by atoms with Crippen molar-refractivity contribution in [2.75, 3.05) is 6.54 Å². The largest absolute Gasteiger partial charge is 0.453 e. The van der Waals surface area contributed by atoms with E-state index in [1.165, 1.54) is 5.57 Å². The van der Waals surface area contributed by atoms with E-state index >= 15 is 0 Å². The minimum Gasteiger partial charge on any atom is -0.453 e. The van der Waals surface area contributed by atoms with Crippen LogP contribution in [-0.2, 0) is 0 Å². The summed E-state index contributed by atoms with van der Waals surface area (Å²) in [6.07, 6.45) is 3.08. The van der Waals surface area contributed by atoms with Gasteiger partial charge in [0.05, 0.1) is 6.04 Å². The second kappa shape index (κ2) is 6.92. The van der Waals surface area contributed by atoms with Gasteiger partial charge in [-0.1, -0.05) is 26.0 Å². The number of nitrogens with one attached hydrogen (secondary N) is 1. The third-order valence-electron chi connectivity index (χ3n) is 2.57. The summed E-state index contributed by atoms with van der Waals surface area (Å²) in [4.78, 5) is 0. The molecule has 2 nitrogen and oxygen atoms in total. The topological polar surface area (TPSA) is 25.2 Å². The molecule has 0 aliphatic carbocycles. The number of halogens is 1. The Morgan fingerprint density at radius 1 is 1.50 bits per heavy atom. The zero-order valence-corrected chi connectivity index (χ0v) is 11.6. The van der Waals surface area contributed by atoms with Crippen LogP contribution in [0.3, 0.4) is 0 Å². The Morgan fingerprint density at radius 2 is 2.25 bits per heavy atom. The molecule has 0 aliphatic rings. The molecule has 3 heteroatoms. The quantitative estimate of drug-likeness (QED) is 0.750. The first-order chi connectivity index (χ1) is 7.67. The molecule has 0 saturated heterocycles. The highest BCUT2D eigenvalue weighted by molar-refractivity contribution is 9.10. The van der Waals surface area contributed by atoms with Gasteiger partial charge in [-0.05, 0) is 53.9 Å². The van der Waals surface area contributed by atoms with Crippen molar-refractivity contribution in [3.63, 3.8) is 0 Å². The first-order valence-corrected chi connectivity index (χ1v) is 6.61. The highest BCUT2D eigenvalue weighted by Gasteiger charge is 2.15. The molecule has 1 unspecified atom stereocenters. The van der Waals surface area contributed by atoms with Gasteiger partial charge in [0.25, 0.3) is 0 Å². The van der Waals surface area contributed by atoms with Crippen molar-refractivity contribution >= 4 is 15.9 Å². The number of rotatable bonds is 7. The molecule has 90 valence electrons. The molecule has 1 rings (SSSR count). The third-order valence-corrected chi connectivity index (χ3v) is 3.00. The average Bonchev–Trinajstić information content (AvgIpc) is 2.70. The summed E-state index contributed by atoms with van der Waals surface area (Å²) in [5.41, 5.74) is 1.25. The van der Waals surface area contributed by atoms with E-state index in [0.29, 0.717) is 0 Å². The number of hydrogen-bond donors (Lipinski definition) is 1. The molecule has 1 aromatic rings.